The number of hydrogen-bond donors (Lipinski definition) is 2. The first kappa shape index (κ1) is 23.6. The van der Waals surface area contributed by atoms with E-state index in [1.807, 2.05) is 18.2 Å². The number of ether oxygens (including phenoxy) is 3. The van der Waals surface area contributed by atoms with Crippen molar-refractivity contribution in [3.8, 4) is 5.75 Å². The number of hydrogen-bond acceptors (Lipinski definition) is 7. The molecule has 1 aromatic rings. The summed E-state index contributed by atoms with van der Waals surface area (Å²) in [5, 5.41) is 4.50. The second kappa shape index (κ2) is 10.8. The molecular formula is C19H28N2O6S. The fraction of sp³-hybridized carbons (Fsp3) is 0.526. The van der Waals surface area contributed by atoms with E-state index in [0.29, 0.717) is 5.75 Å². The minimum absolute atomic E-state index is 0.0102. The lowest BCUT2D eigenvalue weighted by Crippen LogP contribution is -2.46. The van der Waals surface area contributed by atoms with Crippen molar-refractivity contribution < 1.29 is 28.6 Å². The number of thioether (sulfide) groups is 1. The van der Waals surface area contributed by atoms with Gasteiger partial charge in [-0.1, -0.05) is 12.1 Å². The van der Waals surface area contributed by atoms with Gasteiger partial charge >= 0.3 is 12.1 Å². The van der Waals surface area contributed by atoms with Crippen LogP contribution in [-0.4, -0.2) is 48.7 Å². The molecule has 0 aliphatic heterocycles. The molecule has 28 heavy (non-hydrogen) atoms. The highest BCUT2D eigenvalue weighted by molar-refractivity contribution is 8.00. The molecule has 0 heterocycles. The lowest BCUT2D eigenvalue weighted by Gasteiger charge is -2.23. The van der Waals surface area contributed by atoms with Crippen LogP contribution in [0.25, 0.3) is 0 Å². The van der Waals surface area contributed by atoms with Gasteiger partial charge in [-0.2, -0.15) is 0 Å². The zero-order valence-corrected chi connectivity index (χ0v) is 17.8. The van der Waals surface area contributed by atoms with Crippen LogP contribution in [0.5, 0.6) is 5.75 Å². The van der Waals surface area contributed by atoms with Crippen LogP contribution >= 0.6 is 11.8 Å². The van der Waals surface area contributed by atoms with Crippen molar-refractivity contribution in [2.75, 3.05) is 13.7 Å². The number of methoxy groups -OCH3 is 1. The van der Waals surface area contributed by atoms with E-state index in [0.717, 1.165) is 4.90 Å². The predicted molar refractivity (Wildman–Crippen MR) is 106 cm³/mol. The molecule has 0 bridgehead atoms. The molecule has 2 amide bonds. The number of rotatable bonds is 8. The van der Waals surface area contributed by atoms with Gasteiger partial charge in [-0.25, -0.2) is 4.79 Å². The minimum atomic E-state index is -0.799. The van der Waals surface area contributed by atoms with E-state index in [1.165, 1.54) is 25.8 Å². The fourth-order valence-electron chi connectivity index (χ4n) is 2.12. The zero-order chi connectivity index (χ0) is 21.3. The van der Waals surface area contributed by atoms with Crippen LogP contribution in [0, 0.1) is 0 Å². The Kier molecular flexibility index (Phi) is 9.11. The maximum atomic E-state index is 12.7. The van der Waals surface area contributed by atoms with Crippen molar-refractivity contribution in [1.29, 1.82) is 0 Å². The molecule has 2 atom stereocenters. The molecular weight excluding hydrogens is 384 g/mol. The summed E-state index contributed by atoms with van der Waals surface area (Å²) in [5.74, 6) is -0.301. The molecule has 1 aromatic carbocycles. The summed E-state index contributed by atoms with van der Waals surface area (Å²) in [6.45, 7) is 8.07. The Morgan fingerprint density at radius 1 is 1.18 bits per heavy atom. The number of amides is 2. The standard InChI is InChI=1S/C19H28N2O6S/c1-12(26-13(2)22)21-17(23)16(11-20-18(24)27-19(3,4)5)28-15-10-8-7-9-14(15)25-6/h7-10,12,16H,11H2,1-6H3,(H,20,24)(H,21,23). The molecule has 0 aliphatic rings. The summed E-state index contributed by atoms with van der Waals surface area (Å²) in [6, 6.07) is 7.23. The van der Waals surface area contributed by atoms with E-state index in [2.05, 4.69) is 10.6 Å². The Morgan fingerprint density at radius 3 is 2.39 bits per heavy atom. The normalized spacial score (nSPS) is 13.1. The third-order valence-electron chi connectivity index (χ3n) is 3.15. The third-order valence-corrected chi connectivity index (χ3v) is 4.41. The average Bonchev–Trinajstić information content (AvgIpc) is 2.56. The average molecular weight is 413 g/mol. The Morgan fingerprint density at radius 2 is 1.82 bits per heavy atom. The maximum Gasteiger partial charge on any atom is 0.407 e. The predicted octanol–water partition coefficient (Wildman–Crippen LogP) is 2.71. The minimum Gasteiger partial charge on any atom is -0.496 e. The Labute approximate surface area is 169 Å². The Bertz CT molecular complexity index is 689. The smallest absolute Gasteiger partial charge is 0.407 e. The first-order chi connectivity index (χ1) is 13.0. The van der Waals surface area contributed by atoms with Crippen LogP contribution in [0.15, 0.2) is 29.2 Å². The van der Waals surface area contributed by atoms with Crippen LogP contribution in [0.4, 0.5) is 4.79 Å². The van der Waals surface area contributed by atoms with Crippen molar-refractivity contribution >= 4 is 29.7 Å². The van der Waals surface area contributed by atoms with Gasteiger partial charge in [0.25, 0.3) is 0 Å². The summed E-state index contributed by atoms with van der Waals surface area (Å²) < 4.78 is 15.5. The molecule has 8 nitrogen and oxygen atoms in total. The van der Waals surface area contributed by atoms with Crippen molar-refractivity contribution in [1.82, 2.24) is 10.6 Å². The summed E-state index contributed by atoms with van der Waals surface area (Å²) in [5.41, 5.74) is -0.651. The molecule has 2 unspecified atom stereocenters. The highest BCUT2D eigenvalue weighted by Crippen LogP contribution is 2.32. The van der Waals surface area contributed by atoms with E-state index >= 15 is 0 Å². The van der Waals surface area contributed by atoms with Crippen molar-refractivity contribution in [2.45, 2.75) is 56.6 Å². The molecule has 0 saturated heterocycles. The quantitative estimate of drug-likeness (QED) is 0.384. The summed E-state index contributed by atoms with van der Waals surface area (Å²) >= 11 is 1.22. The topological polar surface area (TPSA) is 103 Å². The first-order valence-electron chi connectivity index (χ1n) is 8.76. The van der Waals surface area contributed by atoms with Gasteiger partial charge in [-0.15, -0.1) is 11.8 Å². The van der Waals surface area contributed by atoms with Gasteiger partial charge in [0.2, 0.25) is 5.91 Å². The lowest BCUT2D eigenvalue weighted by atomic mass is 10.2. The van der Waals surface area contributed by atoms with Crippen molar-refractivity contribution in [3.05, 3.63) is 24.3 Å². The van der Waals surface area contributed by atoms with Crippen molar-refractivity contribution in [2.24, 2.45) is 0 Å². The summed E-state index contributed by atoms with van der Waals surface area (Å²) in [4.78, 5) is 36.4. The van der Waals surface area contributed by atoms with Crippen LogP contribution < -0.4 is 15.4 Å². The number of benzene rings is 1. The summed E-state index contributed by atoms with van der Waals surface area (Å²) in [7, 11) is 1.54. The highest BCUT2D eigenvalue weighted by Gasteiger charge is 2.25. The van der Waals surface area contributed by atoms with E-state index < -0.39 is 35.0 Å². The van der Waals surface area contributed by atoms with Crippen LogP contribution in [0.3, 0.4) is 0 Å². The largest absolute Gasteiger partial charge is 0.496 e. The molecule has 9 heteroatoms. The Hall–Kier alpha value is -2.42. The number of esters is 1. The van der Waals surface area contributed by atoms with Crippen LogP contribution in [-0.2, 0) is 19.1 Å². The molecule has 0 spiro atoms. The highest BCUT2D eigenvalue weighted by atomic mass is 32.2. The molecule has 0 saturated carbocycles. The van der Waals surface area contributed by atoms with E-state index in [4.69, 9.17) is 14.2 Å². The van der Waals surface area contributed by atoms with Gasteiger partial charge in [0.15, 0.2) is 6.23 Å². The molecule has 0 radical (unpaired) electrons. The van der Waals surface area contributed by atoms with Crippen LogP contribution in [0.2, 0.25) is 0 Å². The molecule has 0 aromatic heterocycles. The molecule has 0 aliphatic carbocycles. The lowest BCUT2D eigenvalue weighted by molar-refractivity contribution is -0.148. The van der Waals surface area contributed by atoms with E-state index in [-0.39, 0.29) is 6.54 Å². The third kappa shape index (κ3) is 8.98. The second-order valence-corrected chi connectivity index (χ2v) is 8.14. The van der Waals surface area contributed by atoms with Gasteiger partial charge in [0, 0.05) is 13.5 Å². The fourth-order valence-corrected chi connectivity index (χ4v) is 3.19. The zero-order valence-electron chi connectivity index (χ0n) is 17.0. The maximum absolute atomic E-state index is 12.7. The van der Waals surface area contributed by atoms with Gasteiger partial charge in [0.05, 0.1) is 12.0 Å². The molecule has 156 valence electrons. The summed E-state index contributed by atoms with van der Waals surface area (Å²) in [6.07, 6.45) is -1.42. The number of carbonyl (C=O) groups is 3. The van der Waals surface area contributed by atoms with Gasteiger partial charge in [-0.3, -0.25) is 9.59 Å². The number of alkyl carbamates (subject to hydrolysis) is 1. The number of nitrogens with one attached hydrogen (secondary N) is 2. The SMILES string of the molecule is COc1ccccc1SC(CNC(=O)OC(C)(C)C)C(=O)NC(C)OC(C)=O. The number of para-hydroxylation sites is 1. The monoisotopic (exact) mass is 412 g/mol. The molecule has 0 fully saturated rings. The van der Waals surface area contributed by atoms with E-state index in [9.17, 15) is 14.4 Å². The van der Waals surface area contributed by atoms with Gasteiger partial charge in [-0.05, 0) is 39.8 Å². The van der Waals surface area contributed by atoms with Gasteiger partial charge in [0.1, 0.15) is 16.6 Å². The first-order valence-corrected chi connectivity index (χ1v) is 9.64. The molecule has 1 rings (SSSR count). The van der Waals surface area contributed by atoms with E-state index in [1.54, 1.807) is 33.8 Å². The van der Waals surface area contributed by atoms with Crippen molar-refractivity contribution in [3.63, 3.8) is 0 Å². The number of carbonyl (C=O) groups excluding carboxylic acids is 3. The van der Waals surface area contributed by atoms with Gasteiger partial charge < -0.3 is 24.8 Å². The Balaban J connectivity index is 2.88. The van der Waals surface area contributed by atoms with Crippen LogP contribution in [0.1, 0.15) is 34.6 Å². The molecule has 2 N–H and O–H groups in total. The second-order valence-electron chi connectivity index (χ2n) is 6.90.